The van der Waals surface area contributed by atoms with Crippen molar-refractivity contribution in [3.8, 4) is 0 Å². The summed E-state index contributed by atoms with van der Waals surface area (Å²) in [6, 6.07) is 6.99. The summed E-state index contributed by atoms with van der Waals surface area (Å²) < 4.78 is 0. The summed E-state index contributed by atoms with van der Waals surface area (Å²) >= 11 is 0. The molecule has 0 amide bonds. The van der Waals surface area contributed by atoms with Gasteiger partial charge in [0.25, 0.3) is 0 Å². The number of aryl methyl sites for hydroxylation is 2. The summed E-state index contributed by atoms with van der Waals surface area (Å²) in [5.41, 5.74) is 9.98. The molecule has 2 atom stereocenters. The Kier molecular flexibility index (Phi) is 2.98. The van der Waals surface area contributed by atoms with Crippen LogP contribution in [-0.4, -0.2) is 12.0 Å². The summed E-state index contributed by atoms with van der Waals surface area (Å²) in [7, 11) is 0. The zero-order chi connectivity index (χ0) is 12.5. The van der Waals surface area contributed by atoms with Crippen LogP contribution in [-0.2, 0) is 12.8 Å². The maximum Gasteiger partial charge on any atom is 0.193 e. The van der Waals surface area contributed by atoms with Crippen LogP contribution in [0.1, 0.15) is 37.3 Å². The number of nitrogens with one attached hydrogen (secondary N) is 1. The van der Waals surface area contributed by atoms with E-state index < -0.39 is 0 Å². The Hall–Kier alpha value is -1.51. The van der Waals surface area contributed by atoms with E-state index >= 15 is 0 Å². The largest absolute Gasteiger partial charge is 0.370 e. The van der Waals surface area contributed by atoms with Crippen LogP contribution in [0.15, 0.2) is 23.2 Å². The van der Waals surface area contributed by atoms with Gasteiger partial charge in [-0.3, -0.25) is 0 Å². The van der Waals surface area contributed by atoms with E-state index in [0.29, 0.717) is 12.0 Å². The molecule has 0 bridgehead atoms. The fourth-order valence-electron chi connectivity index (χ4n) is 2.84. The van der Waals surface area contributed by atoms with Gasteiger partial charge in [0.1, 0.15) is 0 Å². The molecule has 1 fully saturated rings. The first-order chi connectivity index (χ1) is 8.76. The first-order valence-corrected chi connectivity index (χ1v) is 6.98. The molecule has 18 heavy (non-hydrogen) atoms. The van der Waals surface area contributed by atoms with Crippen LogP contribution in [0.5, 0.6) is 0 Å². The Morgan fingerprint density at radius 3 is 3.00 bits per heavy atom. The van der Waals surface area contributed by atoms with Gasteiger partial charge >= 0.3 is 0 Å². The molecule has 0 saturated heterocycles. The third-order valence-corrected chi connectivity index (χ3v) is 4.09. The average molecular weight is 243 g/mol. The maximum atomic E-state index is 5.95. The van der Waals surface area contributed by atoms with Crippen molar-refractivity contribution in [1.29, 1.82) is 0 Å². The first kappa shape index (κ1) is 11.6. The topological polar surface area (TPSA) is 50.4 Å². The van der Waals surface area contributed by atoms with E-state index in [1.165, 1.54) is 43.2 Å². The van der Waals surface area contributed by atoms with E-state index in [2.05, 4.69) is 35.4 Å². The molecule has 3 rings (SSSR count). The highest BCUT2D eigenvalue weighted by Gasteiger charge is 2.35. The molecule has 1 saturated carbocycles. The number of benzene rings is 1. The van der Waals surface area contributed by atoms with E-state index in [4.69, 9.17) is 5.73 Å². The predicted octanol–water partition coefficient (Wildman–Crippen LogP) is 2.70. The Balaban J connectivity index is 1.66. The van der Waals surface area contributed by atoms with Crippen LogP contribution < -0.4 is 11.1 Å². The lowest BCUT2D eigenvalue weighted by Crippen LogP contribution is -2.23. The van der Waals surface area contributed by atoms with Crippen LogP contribution in [0.25, 0.3) is 0 Å². The van der Waals surface area contributed by atoms with Crippen molar-refractivity contribution in [2.75, 3.05) is 5.32 Å². The molecule has 2 aliphatic carbocycles. The van der Waals surface area contributed by atoms with Crippen molar-refractivity contribution in [1.82, 2.24) is 0 Å². The number of guanidine groups is 1. The van der Waals surface area contributed by atoms with Gasteiger partial charge in [-0.1, -0.05) is 19.4 Å². The molecule has 1 aromatic carbocycles. The van der Waals surface area contributed by atoms with Gasteiger partial charge in [0.2, 0.25) is 0 Å². The molecule has 2 aliphatic rings. The van der Waals surface area contributed by atoms with Crippen LogP contribution >= 0.6 is 0 Å². The van der Waals surface area contributed by atoms with E-state index in [1.54, 1.807) is 0 Å². The maximum absolute atomic E-state index is 5.95. The molecule has 96 valence electrons. The van der Waals surface area contributed by atoms with Gasteiger partial charge in [-0.15, -0.1) is 0 Å². The van der Waals surface area contributed by atoms with Crippen LogP contribution in [0.2, 0.25) is 0 Å². The molecule has 0 unspecified atom stereocenters. The summed E-state index contributed by atoms with van der Waals surface area (Å²) in [4.78, 5) is 4.51. The lowest BCUT2D eigenvalue weighted by molar-refractivity contribution is 0.759. The molecule has 0 radical (unpaired) electrons. The number of nitrogens with two attached hydrogens (primary N) is 1. The summed E-state index contributed by atoms with van der Waals surface area (Å²) in [5, 5.41) is 3.22. The average Bonchev–Trinajstić information content (AvgIpc) is 2.93. The lowest BCUT2D eigenvalue weighted by Gasteiger charge is -2.07. The fourth-order valence-corrected chi connectivity index (χ4v) is 2.84. The Bertz CT molecular complexity index is 479. The Morgan fingerprint density at radius 2 is 2.22 bits per heavy atom. The smallest absolute Gasteiger partial charge is 0.193 e. The van der Waals surface area contributed by atoms with Gasteiger partial charge in [0.05, 0.1) is 6.04 Å². The molecule has 3 N–H and O–H groups in total. The number of nitrogens with zero attached hydrogens (tertiary/aromatic N) is 1. The van der Waals surface area contributed by atoms with Crippen LogP contribution in [0, 0.1) is 5.92 Å². The van der Waals surface area contributed by atoms with Crippen molar-refractivity contribution in [3.63, 3.8) is 0 Å². The van der Waals surface area contributed by atoms with Gasteiger partial charge < -0.3 is 11.1 Å². The second-order valence-electron chi connectivity index (χ2n) is 5.45. The summed E-state index contributed by atoms with van der Waals surface area (Å²) in [6.45, 7) is 2.21. The number of hydrogen-bond acceptors (Lipinski definition) is 1. The minimum absolute atomic E-state index is 0.455. The van der Waals surface area contributed by atoms with Crippen molar-refractivity contribution >= 4 is 11.6 Å². The predicted molar refractivity (Wildman–Crippen MR) is 75.9 cm³/mol. The first-order valence-electron chi connectivity index (χ1n) is 6.98. The van der Waals surface area contributed by atoms with Crippen molar-refractivity contribution in [3.05, 3.63) is 29.3 Å². The van der Waals surface area contributed by atoms with Crippen molar-refractivity contribution in [2.45, 2.75) is 45.1 Å². The minimum atomic E-state index is 0.455. The normalized spacial score (nSPS) is 25.9. The second kappa shape index (κ2) is 4.63. The molecule has 3 heteroatoms. The molecule has 1 aromatic rings. The van der Waals surface area contributed by atoms with Gasteiger partial charge in [-0.2, -0.15) is 0 Å². The van der Waals surface area contributed by atoms with Crippen LogP contribution in [0.4, 0.5) is 5.69 Å². The molecular weight excluding hydrogens is 222 g/mol. The molecule has 0 spiro atoms. The third kappa shape index (κ3) is 2.35. The van der Waals surface area contributed by atoms with Crippen molar-refractivity contribution in [2.24, 2.45) is 16.6 Å². The summed E-state index contributed by atoms with van der Waals surface area (Å²) in [5.74, 6) is 1.32. The highest BCUT2D eigenvalue weighted by atomic mass is 15.1. The fraction of sp³-hybridized carbons (Fsp3) is 0.533. The number of rotatable bonds is 3. The van der Waals surface area contributed by atoms with Gasteiger partial charge in [-0.05, 0) is 54.9 Å². The number of hydrogen-bond donors (Lipinski definition) is 2. The Labute approximate surface area is 108 Å². The van der Waals surface area contributed by atoms with Crippen LogP contribution in [0.3, 0.4) is 0 Å². The standard InChI is InChI=1S/C15H21N3/c1-2-10-9-14(10)18-15(16)17-13-7-6-11-4-3-5-12(11)8-13/h6-8,10,14H,2-5,9H2,1H3,(H3,16,17,18)/t10-,14-/m1/s1. The lowest BCUT2D eigenvalue weighted by atomic mass is 10.1. The molecular formula is C15H21N3. The van der Waals surface area contributed by atoms with E-state index in [0.717, 1.165) is 11.6 Å². The van der Waals surface area contributed by atoms with Gasteiger partial charge in [-0.25, -0.2) is 4.99 Å². The molecule has 0 heterocycles. The number of anilines is 1. The minimum Gasteiger partial charge on any atom is -0.370 e. The van der Waals surface area contributed by atoms with E-state index in [-0.39, 0.29) is 0 Å². The van der Waals surface area contributed by atoms with E-state index in [1.807, 2.05) is 0 Å². The number of aliphatic imine (C=N–C) groups is 1. The zero-order valence-corrected chi connectivity index (χ0v) is 10.9. The second-order valence-corrected chi connectivity index (χ2v) is 5.45. The highest BCUT2D eigenvalue weighted by Crippen LogP contribution is 2.36. The Morgan fingerprint density at radius 1 is 1.39 bits per heavy atom. The number of fused-ring (bicyclic) bond motifs is 1. The SMILES string of the molecule is CC[C@@H]1C[C@H]1N=C(N)Nc1ccc2c(c1)CCC2. The monoisotopic (exact) mass is 243 g/mol. The van der Waals surface area contributed by atoms with Crippen molar-refractivity contribution < 1.29 is 0 Å². The molecule has 0 aliphatic heterocycles. The molecule has 0 aromatic heterocycles. The highest BCUT2D eigenvalue weighted by molar-refractivity contribution is 5.92. The molecule has 3 nitrogen and oxygen atoms in total. The summed E-state index contributed by atoms with van der Waals surface area (Å²) in [6.07, 6.45) is 6.11. The van der Waals surface area contributed by atoms with Gasteiger partial charge in [0, 0.05) is 5.69 Å². The van der Waals surface area contributed by atoms with E-state index in [9.17, 15) is 0 Å². The quantitative estimate of drug-likeness (QED) is 0.633. The van der Waals surface area contributed by atoms with Gasteiger partial charge in [0.15, 0.2) is 5.96 Å². The zero-order valence-electron chi connectivity index (χ0n) is 10.9. The third-order valence-electron chi connectivity index (χ3n) is 4.09.